The Labute approximate surface area is 167 Å². The van der Waals surface area contributed by atoms with E-state index in [-0.39, 0.29) is 53.6 Å². The molecule has 2 aromatic rings. The minimum absolute atomic E-state index is 0.0230. The van der Waals surface area contributed by atoms with Crippen molar-refractivity contribution in [2.45, 2.75) is 31.0 Å². The van der Waals surface area contributed by atoms with Crippen LogP contribution in [0.4, 0.5) is 23.5 Å². The Morgan fingerprint density at radius 3 is 2.70 bits per heavy atom. The summed E-state index contributed by atoms with van der Waals surface area (Å²) in [7, 11) is 0. The van der Waals surface area contributed by atoms with Gasteiger partial charge in [0.2, 0.25) is 5.95 Å². The summed E-state index contributed by atoms with van der Waals surface area (Å²) in [6, 6.07) is 3.97. The number of rotatable bonds is 2. The molecule has 3 heterocycles. The fraction of sp³-hybridized carbons (Fsp3) is 0.421. The first-order chi connectivity index (χ1) is 14.1. The van der Waals surface area contributed by atoms with Crippen LogP contribution in [-0.2, 0) is 12.3 Å². The van der Waals surface area contributed by atoms with E-state index >= 15 is 0 Å². The number of hydrogen-bond acceptors (Lipinski definition) is 6. The van der Waals surface area contributed by atoms with Crippen molar-refractivity contribution < 1.29 is 32.2 Å². The zero-order valence-corrected chi connectivity index (χ0v) is 15.5. The SMILES string of the molecule is O=C1NCC(F)(F)Oc2cc(-c3nc(N4CC(O)C4)nc4c3CCC4(F)F)ccc21. The third kappa shape index (κ3) is 3.04. The second-order valence-corrected chi connectivity index (χ2v) is 7.60. The molecule has 1 saturated heterocycles. The van der Waals surface area contributed by atoms with Crippen LogP contribution in [0.2, 0.25) is 0 Å². The number of ether oxygens (including phenoxy) is 1. The van der Waals surface area contributed by atoms with E-state index in [9.17, 15) is 27.5 Å². The predicted molar refractivity (Wildman–Crippen MR) is 95.8 cm³/mol. The molecular formula is C19H16F4N4O3. The highest BCUT2D eigenvalue weighted by atomic mass is 19.3. The van der Waals surface area contributed by atoms with Crippen molar-refractivity contribution in [2.75, 3.05) is 24.5 Å². The second kappa shape index (κ2) is 6.27. The molecule has 1 amide bonds. The lowest BCUT2D eigenvalue weighted by Gasteiger charge is -2.36. The van der Waals surface area contributed by atoms with E-state index in [0.717, 1.165) is 0 Å². The number of nitrogens with one attached hydrogen (secondary N) is 1. The van der Waals surface area contributed by atoms with E-state index < -0.39 is 42.7 Å². The number of fused-ring (bicyclic) bond motifs is 2. The van der Waals surface area contributed by atoms with Gasteiger partial charge in [-0.3, -0.25) is 4.79 Å². The lowest BCUT2D eigenvalue weighted by molar-refractivity contribution is -0.168. The number of β-amino-alcohol motifs (C(OH)–C–C–N with tert-alkyl or cyclic N) is 1. The third-order valence-electron chi connectivity index (χ3n) is 5.39. The Kier molecular flexibility index (Phi) is 3.98. The lowest BCUT2D eigenvalue weighted by Crippen LogP contribution is -2.51. The molecule has 1 aromatic carbocycles. The molecule has 2 N–H and O–H groups in total. The number of hydrogen-bond donors (Lipinski definition) is 2. The molecule has 0 bridgehead atoms. The number of aliphatic hydroxyl groups excluding tert-OH is 1. The van der Waals surface area contributed by atoms with E-state index in [1.54, 1.807) is 4.90 Å². The van der Waals surface area contributed by atoms with Crippen molar-refractivity contribution in [1.29, 1.82) is 0 Å². The van der Waals surface area contributed by atoms with Gasteiger partial charge in [0.15, 0.2) is 0 Å². The van der Waals surface area contributed by atoms with Crippen LogP contribution in [0.5, 0.6) is 5.75 Å². The molecule has 30 heavy (non-hydrogen) atoms. The summed E-state index contributed by atoms with van der Waals surface area (Å²) in [5.41, 5.74) is 0.182. The van der Waals surface area contributed by atoms with Crippen LogP contribution in [0.15, 0.2) is 18.2 Å². The molecule has 1 aromatic heterocycles. The van der Waals surface area contributed by atoms with Crippen molar-refractivity contribution >= 4 is 11.9 Å². The predicted octanol–water partition coefficient (Wildman–Crippen LogP) is 2.08. The van der Waals surface area contributed by atoms with Gasteiger partial charge in [0.05, 0.1) is 17.4 Å². The molecule has 158 valence electrons. The molecule has 1 aliphatic carbocycles. The van der Waals surface area contributed by atoms with Crippen LogP contribution in [-0.4, -0.2) is 52.8 Å². The van der Waals surface area contributed by atoms with Crippen molar-refractivity contribution in [1.82, 2.24) is 15.3 Å². The maximum absolute atomic E-state index is 14.4. The first kappa shape index (κ1) is 19.0. The summed E-state index contributed by atoms with van der Waals surface area (Å²) in [4.78, 5) is 22.0. The highest BCUT2D eigenvalue weighted by molar-refractivity contribution is 5.98. The number of nitrogens with zero attached hydrogens (tertiary/aromatic N) is 3. The summed E-state index contributed by atoms with van der Waals surface area (Å²) in [5, 5.41) is 11.6. The largest absolute Gasteiger partial charge is 0.430 e. The number of carbonyl (C=O) groups is 1. The number of benzene rings is 1. The average Bonchev–Trinajstić information content (AvgIpc) is 2.91. The van der Waals surface area contributed by atoms with Crippen LogP contribution in [0.3, 0.4) is 0 Å². The summed E-state index contributed by atoms with van der Waals surface area (Å²) in [5.74, 6) is -4.18. The minimum atomic E-state index is -3.61. The van der Waals surface area contributed by atoms with Crippen LogP contribution in [0.1, 0.15) is 28.0 Å². The van der Waals surface area contributed by atoms with Crippen LogP contribution in [0, 0.1) is 0 Å². The molecule has 5 rings (SSSR count). The molecule has 11 heteroatoms. The summed E-state index contributed by atoms with van der Waals surface area (Å²) in [6.45, 7) is -0.556. The summed E-state index contributed by atoms with van der Waals surface area (Å²) < 4.78 is 61.2. The van der Waals surface area contributed by atoms with Crippen molar-refractivity contribution in [2.24, 2.45) is 0 Å². The maximum Gasteiger partial charge on any atom is 0.415 e. The molecule has 0 spiro atoms. The van der Waals surface area contributed by atoms with Gasteiger partial charge in [-0.05, 0) is 18.6 Å². The third-order valence-corrected chi connectivity index (χ3v) is 5.39. The van der Waals surface area contributed by atoms with E-state index in [2.05, 4.69) is 15.3 Å². The lowest BCUT2D eigenvalue weighted by atomic mass is 10.0. The van der Waals surface area contributed by atoms with E-state index in [4.69, 9.17) is 4.74 Å². The Morgan fingerprint density at radius 2 is 1.97 bits per heavy atom. The molecule has 0 radical (unpaired) electrons. The van der Waals surface area contributed by atoms with Gasteiger partial charge in [-0.2, -0.15) is 17.6 Å². The fourth-order valence-corrected chi connectivity index (χ4v) is 3.83. The number of carbonyl (C=O) groups excluding carboxylic acids is 1. The number of anilines is 1. The van der Waals surface area contributed by atoms with E-state index in [1.165, 1.54) is 18.2 Å². The van der Waals surface area contributed by atoms with Crippen LogP contribution in [0.25, 0.3) is 11.3 Å². The zero-order valence-electron chi connectivity index (χ0n) is 15.5. The molecule has 0 saturated carbocycles. The smallest absolute Gasteiger partial charge is 0.415 e. The molecule has 3 aliphatic rings. The van der Waals surface area contributed by atoms with Crippen molar-refractivity contribution in [3.63, 3.8) is 0 Å². The highest BCUT2D eigenvalue weighted by Crippen LogP contribution is 2.45. The molecule has 7 nitrogen and oxygen atoms in total. The Hall–Kier alpha value is -2.95. The van der Waals surface area contributed by atoms with E-state index in [1.807, 2.05) is 0 Å². The van der Waals surface area contributed by atoms with Crippen LogP contribution >= 0.6 is 0 Å². The van der Waals surface area contributed by atoms with Crippen molar-refractivity contribution in [3.8, 4) is 17.0 Å². The number of amides is 1. The van der Waals surface area contributed by atoms with Gasteiger partial charge in [0, 0.05) is 30.6 Å². The zero-order chi connectivity index (χ0) is 21.3. The first-order valence-electron chi connectivity index (χ1n) is 9.35. The molecular weight excluding hydrogens is 408 g/mol. The van der Waals surface area contributed by atoms with Gasteiger partial charge in [0.1, 0.15) is 18.0 Å². The van der Waals surface area contributed by atoms with Gasteiger partial charge in [-0.15, -0.1) is 0 Å². The van der Waals surface area contributed by atoms with Crippen LogP contribution < -0.4 is 15.0 Å². The van der Waals surface area contributed by atoms with Gasteiger partial charge >= 0.3 is 6.11 Å². The average molecular weight is 424 g/mol. The Balaban J connectivity index is 1.64. The highest BCUT2D eigenvalue weighted by Gasteiger charge is 2.44. The van der Waals surface area contributed by atoms with Gasteiger partial charge in [0.25, 0.3) is 11.8 Å². The van der Waals surface area contributed by atoms with Gasteiger partial charge in [-0.25, -0.2) is 9.97 Å². The molecule has 0 atom stereocenters. The Bertz CT molecular complexity index is 1060. The fourth-order valence-electron chi connectivity index (χ4n) is 3.83. The first-order valence-corrected chi connectivity index (χ1v) is 9.35. The normalized spacial score (nSPS) is 21.8. The number of alkyl halides is 4. The van der Waals surface area contributed by atoms with Gasteiger partial charge < -0.3 is 20.1 Å². The number of aromatic nitrogens is 2. The quantitative estimate of drug-likeness (QED) is 0.718. The van der Waals surface area contributed by atoms with Gasteiger partial charge in [-0.1, -0.05) is 6.07 Å². The summed E-state index contributed by atoms with van der Waals surface area (Å²) in [6.07, 6.45) is -4.61. The van der Waals surface area contributed by atoms with Crippen molar-refractivity contribution in [3.05, 3.63) is 35.0 Å². The monoisotopic (exact) mass is 424 g/mol. The summed E-state index contributed by atoms with van der Waals surface area (Å²) >= 11 is 0. The number of halogens is 4. The maximum atomic E-state index is 14.4. The second-order valence-electron chi connectivity index (χ2n) is 7.60. The Morgan fingerprint density at radius 1 is 1.20 bits per heavy atom. The molecule has 0 unspecified atom stereocenters. The molecule has 1 fully saturated rings. The minimum Gasteiger partial charge on any atom is -0.430 e. The van der Waals surface area contributed by atoms with E-state index in [0.29, 0.717) is 0 Å². The topological polar surface area (TPSA) is 87.6 Å². The molecule has 2 aliphatic heterocycles. The number of aliphatic hydroxyl groups is 1. The standard InChI is InChI=1S/C19H16F4N4O3/c20-18(21)4-3-12-14(25-17(26-15(12)18)27-6-10(28)7-27)9-1-2-11-13(5-9)30-19(22,23)8-24-16(11)29/h1-2,5,10,28H,3-4,6-8H2,(H,24,29).